The average molecular weight is 485 g/mol. The van der Waals surface area contributed by atoms with Crippen LogP contribution in [-0.4, -0.2) is 22.4 Å². The highest BCUT2D eigenvalue weighted by Gasteiger charge is 2.30. The van der Waals surface area contributed by atoms with Crippen LogP contribution in [0.1, 0.15) is 52.6 Å². The summed E-state index contributed by atoms with van der Waals surface area (Å²) in [5, 5.41) is 1.72. The third kappa shape index (κ3) is 4.57. The summed E-state index contributed by atoms with van der Waals surface area (Å²) in [4.78, 5) is 25.9. The molecule has 1 N–H and O–H groups in total. The number of hydrazine groups is 1. The van der Waals surface area contributed by atoms with E-state index in [2.05, 4.69) is 28.0 Å². The lowest BCUT2D eigenvalue weighted by Gasteiger charge is -2.35. The lowest BCUT2D eigenvalue weighted by atomic mass is 10.1. The SMILES string of the molecule is Cc1ccc(C(=O)N(NC(=O)c2c(C)cccc2Cl)C(C)(C)C)cc1I. The molecule has 0 radical (unpaired) electrons. The molecule has 0 bridgehead atoms. The van der Waals surface area contributed by atoms with Crippen molar-refractivity contribution in [3.63, 3.8) is 0 Å². The van der Waals surface area contributed by atoms with Gasteiger partial charge in [-0.1, -0.05) is 29.8 Å². The molecule has 6 heteroatoms. The fourth-order valence-corrected chi connectivity index (χ4v) is 3.28. The van der Waals surface area contributed by atoms with Crippen LogP contribution in [0.5, 0.6) is 0 Å². The summed E-state index contributed by atoms with van der Waals surface area (Å²) in [5.41, 5.74) is 4.87. The van der Waals surface area contributed by atoms with Gasteiger partial charge in [0.1, 0.15) is 0 Å². The van der Waals surface area contributed by atoms with Gasteiger partial charge in [0, 0.05) is 9.13 Å². The second kappa shape index (κ2) is 7.96. The number of rotatable bonds is 2. The van der Waals surface area contributed by atoms with Gasteiger partial charge in [-0.3, -0.25) is 15.0 Å². The summed E-state index contributed by atoms with van der Waals surface area (Å²) >= 11 is 8.39. The van der Waals surface area contributed by atoms with Crippen LogP contribution in [0.4, 0.5) is 0 Å². The third-order valence-electron chi connectivity index (χ3n) is 3.96. The van der Waals surface area contributed by atoms with Crippen molar-refractivity contribution in [3.05, 3.63) is 67.2 Å². The first-order valence-corrected chi connectivity index (χ1v) is 9.65. The number of carbonyl (C=O) groups is 2. The number of halogens is 2. The fourth-order valence-electron chi connectivity index (χ4n) is 2.46. The van der Waals surface area contributed by atoms with Gasteiger partial charge < -0.3 is 0 Å². The molecule has 2 aromatic carbocycles. The Morgan fingerprint density at radius 1 is 1.08 bits per heavy atom. The molecule has 0 aliphatic heterocycles. The standard InChI is InChI=1S/C20H22ClIN2O2/c1-12-9-10-14(11-16(12)22)19(26)24(20(3,4)5)23-18(25)17-13(2)7-6-8-15(17)21/h6-11H,1-5H3,(H,23,25). The minimum Gasteiger partial charge on any atom is -0.267 e. The highest BCUT2D eigenvalue weighted by molar-refractivity contribution is 14.1. The molecule has 0 fully saturated rings. The van der Waals surface area contributed by atoms with Crippen LogP contribution < -0.4 is 5.43 Å². The number of amides is 2. The number of aryl methyl sites for hydroxylation is 2. The van der Waals surface area contributed by atoms with Gasteiger partial charge in [-0.15, -0.1) is 0 Å². The highest BCUT2D eigenvalue weighted by Crippen LogP contribution is 2.22. The molecule has 0 unspecified atom stereocenters. The van der Waals surface area contributed by atoms with E-state index in [0.29, 0.717) is 16.1 Å². The Balaban J connectivity index is 2.38. The fraction of sp³-hybridized carbons (Fsp3) is 0.300. The highest BCUT2D eigenvalue weighted by atomic mass is 127. The van der Waals surface area contributed by atoms with Gasteiger partial charge >= 0.3 is 0 Å². The van der Waals surface area contributed by atoms with Gasteiger partial charge in [-0.2, -0.15) is 0 Å². The lowest BCUT2D eigenvalue weighted by molar-refractivity contribution is 0.0358. The first-order chi connectivity index (χ1) is 12.0. The second-order valence-electron chi connectivity index (χ2n) is 7.15. The van der Waals surface area contributed by atoms with E-state index in [0.717, 1.165) is 14.7 Å². The van der Waals surface area contributed by atoms with Crippen molar-refractivity contribution in [1.29, 1.82) is 0 Å². The number of carbonyl (C=O) groups excluding carboxylic acids is 2. The number of hydrogen-bond acceptors (Lipinski definition) is 2. The Hall–Kier alpha value is -1.60. The largest absolute Gasteiger partial charge is 0.272 e. The van der Waals surface area contributed by atoms with Crippen LogP contribution in [0.15, 0.2) is 36.4 Å². The van der Waals surface area contributed by atoms with E-state index in [1.165, 1.54) is 5.01 Å². The van der Waals surface area contributed by atoms with Crippen molar-refractivity contribution in [2.45, 2.75) is 40.2 Å². The zero-order chi connectivity index (χ0) is 19.6. The lowest BCUT2D eigenvalue weighted by Crippen LogP contribution is -2.56. The van der Waals surface area contributed by atoms with Crippen molar-refractivity contribution in [1.82, 2.24) is 10.4 Å². The normalized spacial score (nSPS) is 11.2. The van der Waals surface area contributed by atoms with Crippen LogP contribution in [0.3, 0.4) is 0 Å². The Labute approximate surface area is 173 Å². The first-order valence-electron chi connectivity index (χ1n) is 8.19. The minimum absolute atomic E-state index is 0.270. The molecule has 0 atom stereocenters. The second-order valence-corrected chi connectivity index (χ2v) is 8.72. The summed E-state index contributed by atoms with van der Waals surface area (Å²) in [6, 6.07) is 10.8. The van der Waals surface area contributed by atoms with E-state index >= 15 is 0 Å². The maximum absolute atomic E-state index is 13.1. The summed E-state index contributed by atoms with van der Waals surface area (Å²) in [6.45, 7) is 9.39. The van der Waals surface area contributed by atoms with Crippen LogP contribution in [0.25, 0.3) is 0 Å². The summed E-state index contributed by atoms with van der Waals surface area (Å²) < 4.78 is 0.996. The number of nitrogens with one attached hydrogen (secondary N) is 1. The van der Waals surface area contributed by atoms with Crippen molar-refractivity contribution in [3.8, 4) is 0 Å². The molecule has 0 aliphatic rings. The molecule has 2 aromatic rings. The summed E-state index contributed by atoms with van der Waals surface area (Å²) in [5.74, 6) is -0.674. The smallest absolute Gasteiger partial charge is 0.267 e. The van der Waals surface area contributed by atoms with Crippen LogP contribution in [0.2, 0.25) is 5.02 Å². The molecule has 0 saturated carbocycles. The predicted octanol–water partition coefficient (Wildman–Crippen LogP) is 5.15. The molecule has 2 amide bonds. The molecule has 2 rings (SSSR count). The molecule has 0 heterocycles. The average Bonchev–Trinajstić information content (AvgIpc) is 2.53. The van der Waals surface area contributed by atoms with E-state index < -0.39 is 11.4 Å². The van der Waals surface area contributed by atoms with E-state index in [-0.39, 0.29) is 5.91 Å². The quantitative estimate of drug-likeness (QED) is 0.474. The topological polar surface area (TPSA) is 49.4 Å². The van der Waals surface area contributed by atoms with Crippen molar-refractivity contribution >= 4 is 46.0 Å². The molecule has 4 nitrogen and oxygen atoms in total. The Morgan fingerprint density at radius 2 is 1.73 bits per heavy atom. The number of benzene rings is 2. The predicted molar refractivity (Wildman–Crippen MR) is 113 cm³/mol. The molecule has 0 aromatic heterocycles. The van der Waals surface area contributed by atoms with Crippen LogP contribution in [-0.2, 0) is 0 Å². The van der Waals surface area contributed by atoms with Gasteiger partial charge in [-0.25, -0.2) is 5.01 Å². The first kappa shape index (κ1) is 20.7. The van der Waals surface area contributed by atoms with E-state index in [1.807, 2.05) is 52.8 Å². The Bertz CT molecular complexity index is 839. The zero-order valence-corrected chi connectivity index (χ0v) is 18.4. The van der Waals surface area contributed by atoms with E-state index in [4.69, 9.17) is 11.6 Å². The third-order valence-corrected chi connectivity index (χ3v) is 5.43. The van der Waals surface area contributed by atoms with E-state index in [9.17, 15) is 9.59 Å². The van der Waals surface area contributed by atoms with Crippen LogP contribution >= 0.6 is 34.2 Å². The molecule has 0 aliphatic carbocycles. The maximum Gasteiger partial charge on any atom is 0.272 e. The van der Waals surface area contributed by atoms with E-state index in [1.54, 1.807) is 18.2 Å². The van der Waals surface area contributed by atoms with Gasteiger partial charge in [0.15, 0.2) is 0 Å². The molecule has 138 valence electrons. The van der Waals surface area contributed by atoms with Crippen molar-refractivity contribution in [2.75, 3.05) is 0 Å². The summed E-state index contributed by atoms with van der Waals surface area (Å²) in [7, 11) is 0. The molecule has 0 saturated heterocycles. The molecular weight excluding hydrogens is 463 g/mol. The van der Waals surface area contributed by atoms with Gasteiger partial charge in [-0.05, 0) is 86.5 Å². The van der Waals surface area contributed by atoms with Crippen LogP contribution in [0, 0.1) is 17.4 Å². The zero-order valence-electron chi connectivity index (χ0n) is 15.5. The number of nitrogens with zero attached hydrogens (tertiary/aromatic N) is 1. The Kier molecular flexibility index (Phi) is 6.34. The molecule has 26 heavy (non-hydrogen) atoms. The number of hydrogen-bond donors (Lipinski definition) is 1. The monoisotopic (exact) mass is 484 g/mol. The maximum atomic E-state index is 13.1. The van der Waals surface area contributed by atoms with Gasteiger partial charge in [0.05, 0.1) is 16.1 Å². The summed E-state index contributed by atoms with van der Waals surface area (Å²) in [6.07, 6.45) is 0. The molecule has 0 spiro atoms. The van der Waals surface area contributed by atoms with Gasteiger partial charge in [0.2, 0.25) is 0 Å². The minimum atomic E-state index is -0.613. The Morgan fingerprint density at radius 3 is 2.27 bits per heavy atom. The van der Waals surface area contributed by atoms with Crippen molar-refractivity contribution < 1.29 is 9.59 Å². The van der Waals surface area contributed by atoms with Gasteiger partial charge in [0.25, 0.3) is 11.8 Å². The molecular formula is C20H22ClIN2O2. The van der Waals surface area contributed by atoms with Crippen molar-refractivity contribution in [2.24, 2.45) is 0 Å².